The van der Waals surface area contributed by atoms with Gasteiger partial charge in [-0.1, -0.05) is 84.9 Å². The van der Waals surface area contributed by atoms with E-state index in [0.29, 0.717) is 0 Å². The normalized spacial score (nSPS) is 14.8. The minimum atomic E-state index is -1.07. The van der Waals surface area contributed by atoms with Gasteiger partial charge in [-0.15, -0.1) is 0 Å². The van der Waals surface area contributed by atoms with Gasteiger partial charge in [0.2, 0.25) is 0 Å². The molecule has 4 rings (SSSR count). The zero-order valence-corrected chi connectivity index (χ0v) is 12.1. The van der Waals surface area contributed by atoms with Gasteiger partial charge in [-0.05, 0) is 33.9 Å². The highest BCUT2D eigenvalue weighted by molar-refractivity contribution is 5.81. The number of hydrogen-bond acceptors (Lipinski definition) is 1. The van der Waals surface area contributed by atoms with Crippen LogP contribution in [-0.4, -0.2) is 5.11 Å². The molecule has 0 aromatic heterocycles. The fourth-order valence-electron chi connectivity index (χ4n) is 3.21. The molecule has 0 bridgehead atoms. The maximum atomic E-state index is 11.4. The molecule has 1 aliphatic rings. The lowest BCUT2D eigenvalue weighted by atomic mass is 9.90. The van der Waals surface area contributed by atoms with Crippen LogP contribution in [0.2, 0.25) is 0 Å². The molecule has 0 amide bonds. The van der Waals surface area contributed by atoms with E-state index in [2.05, 4.69) is 12.1 Å². The van der Waals surface area contributed by atoms with Crippen molar-refractivity contribution >= 4 is 6.08 Å². The molecule has 22 heavy (non-hydrogen) atoms. The van der Waals surface area contributed by atoms with E-state index in [0.717, 1.165) is 27.8 Å². The molecule has 0 atom stereocenters. The van der Waals surface area contributed by atoms with Crippen LogP contribution in [0.1, 0.15) is 16.7 Å². The van der Waals surface area contributed by atoms with Gasteiger partial charge in [0, 0.05) is 0 Å². The predicted molar refractivity (Wildman–Crippen MR) is 90.4 cm³/mol. The first kappa shape index (κ1) is 13.1. The molecule has 0 unspecified atom stereocenters. The van der Waals surface area contributed by atoms with Crippen molar-refractivity contribution in [1.82, 2.24) is 0 Å². The van der Waals surface area contributed by atoms with E-state index in [1.807, 2.05) is 78.9 Å². The second kappa shape index (κ2) is 4.97. The van der Waals surface area contributed by atoms with Crippen molar-refractivity contribution in [1.29, 1.82) is 0 Å². The summed E-state index contributed by atoms with van der Waals surface area (Å²) in [6, 6.07) is 26.2. The minimum absolute atomic E-state index is 0.948. The largest absolute Gasteiger partial charge is 0.377 e. The molecule has 0 heterocycles. The molecule has 3 aromatic carbocycles. The number of hydrogen-bond donors (Lipinski definition) is 1. The van der Waals surface area contributed by atoms with E-state index in [4.69, 9.17) is 0 Å². The van der Waals surface area contributed by atoms with Crippen LogP contribution in [0, 0.1) is 0 Å². The predicted octanol–water partition coefficient (Wildman–Crippen LogP) is 4.62. The van der Waals surface area contributed by atoms with Crippen LogP contribution < -0.4 is 0 Å². The van der Waals surface area contributed by atoms with Crippen molar-refractivity contribution in [2.75, 3.05) is 0 Å². The summed E-state index contributed by atoms with van der Waals surface area (Å²) in [7, 11) is 0. The van der Waals surface area contributed by atoms with Crippen LogP contribution in [-0.2, 0) is 5.60 Å². The van der Waals surface area contributed by atoms with Gasteiger partial charge in [0.05, 0.1) is 0 Å². The Balaban J connectivity index is 1.88. The third-order valence-electron chi connectivity index (χ3n) is 4.28. The zero-order valence-electron chi connectivity index (χ0n) is 12.1. The lowest BCUT2D eigenvalue weighted by Crippen LogP contribution is -2.21. The van der Waals surface area contributed by atoms with E-state index in [1.54, 1.807) is 0 Å². The van der Waals surface area contributed by atoms with Gasteiger partial charge < -0.3 is 5.11 Å². The van der Waals surface area contributed by atoms with Gasteiger partial charge in [0.15, 0.2) is 0 Å². The van der Waals surface area contributed by atoms with Crippen LogP contribution >= 0.6 is 0 Å². The monoisotopic (exact) mass is 284 g/mol. The smallest absolute Gasteiger partial charge is 0.135 e. The molecule has 106 valence electrons. The molecule has 1 nitrogen and oxygen atoms in total. The topological polar surface area (TPSA) is 20.2 Å². The molecule has 1 N–H and O–H groups in total. The second-order valence-electron chi connectivity index (χ2n) is 5.60. The summed E-state index contributed by atoms with van der Waals surface area (Å²) in [5.41, 5.74) is 4.13. The van der Waals surface area contributed by atoms with Crippen LogP contribution in [0.4, 0.5) is 0 Å². The molecule has 0 saturated heterocycles. The van der Waals surface area contributed by atoms with Crippen LogP contribution in [0.3, 0.4) is 0 Å². The van der Waals surface area contributed by atoms with Crippen molar-refractivity contribution in [3.63, 3.8) is 0 Å². The summed E-state index contributed by atoms with van der Waals surface area (Å²) in [5, 5.41) is 11.4. The summed E-state index contributed by atoms with van der Waals surface area (Å²) in [6.07, 6.45) is 3.88. The molecule has 1 heteroatoms. The van der Waals surface area contributed by atoms with Crippen molar-refractivity contribution in [3.8, 4) is 11.1 Å². The van der Waals surface area contributed by atoms with Crippen molar-refractivity contribution in [3.05, 3.63) is 102 Å². The molecule has 3 aromatic rings. The maximum Gasteiger partial charge on any atom is 0.135 e. The lowest BCUT2D eigenvalue weighted by molar-refractivity contribution is 0.140. The Labute approximate surface area is 130 Å². The lowest BCUT2D eigenvalue weighted by Gasteiger charge is -2.21. The summed E-state index contributed by atoms with van der Waals surface area (Å²) in [4.78, 5) is 0. The summed E-state index contributed by atoms with van der Waals surface area (Å²) in [5.74, 6) is 0. The van der Waals surface area contributed by atoms with Crippen LogP contribution in [0.25, 0.3) is 17.2 Å². The maximum absolute atomic E-state index is 11.4. The number of aliphatic hydroxyl groups is 1. The van der Waals surface area contributed by atoms with Crippen LogP contribution in [0.5, 0.6) is 0 Å². The van der Waals surface area contributed by atoms with Crippen molar-refractivity contribution < 1.29 is 5.11 Å². The van der Waals surface area contributed by atoms with E-state index < -0.39 is 5.60 Å². The van der Waals surface area contributed by atoms with E-state index >= 15 is 0 Å². The van der Waals surface area contributed by atoms with Crippen LogP contribution in [0.15, 0.2) is 84.9 Å². The molecule has 0 radical (unpaired) electrons. The fraction of sp³-hybridized carbons (Fsp3) is 0.0476. The van der Waals surface area contributed by atoms with Crippen molar-refractivity contribution in [2.24, 2.45) is 0 Å². The molecular weight excluding hydrogens is 268 g/mol. The third-order valence-corrected chi connectivity index (χ3v) is 4.28. The summed E-state index contributed by atoms with van der Waals surface area (Å²) < 4.78 is 0. The zero-order chi connectivity index (χ0) is 15.0. The highest BCUT2D eigenvalue weighted by Gasteiger charge is 2.38. The molecular formula is C21H16O. The molecule has 0 saturated carbocycles. The van der Waals surface area contributed by atoms with Gasteiger partial charge in [-0.25, -0.2) is 0 Å². The first-order valence-electron chi connectivity index (χ1n) is 7.45. The average molecular weight is 284 g/mol. The first-order valence-corrected chi connectivity index (χ1v) is 7.45. The van der Waals surface area contributed by atoms with Gasteiger partial charge in [-0.3, -0.25) is 0 Å². The number of fused-ring (bicyclic) bond motifs is 3. The van der Waals surface area contributed by atoms with Gasteiger partial charge in [-0.2, -0.15) is 0 Å². The SMILES string of the molecule is OC1(/C=C/c2ccccc2)c2ccccc2-c2ccccc21. The standard InChI is InChI=1S/C21H16O/c22-21(15-14-16-8-2-1-3-9-16)19-12-6-4-10-17(19)18-11-5-7-13-20(18)21/h1-15,22H/b15-14+. The van der Waals surface area contributed by atoms with Crippen molar-refractivity contribution in [2.45, 2.75) is 5.60 Å². The average Bonchev–Trinajstić information content (AvgIpc) is 2.85. The summed E-state index contributed by atoms with van der Waals surface area (Å²) in [6.45, 7) is 0. The molecule has 0 fully saturated rings. The Morgan fingerprint density at radius 2 is 1.14 bits per heavy atom. The Morgan fingerprint density at radius 3 is 1.73 bits per heavy atom. The van der Waals surface area contributed by atoms with E-state index in [1.165, 1.54) is 0 Å². The second-order valence-corrected chi connectivity index (χ2v) is 5.60. The molecule has 0 spiro atoms. The van der Waals surface area contributed by atoms with E-state index in [9.17, 15) is 5.11 Å². The van der Waals surface area contributed by atoms with E-state index in [-0.39, 0.29) is 0 Å². The Bertz CT molecular complexity index is 801. The number of benzene rings is 3. The molecule has 0 aliphatic heterocycles. The minimum Gasteiger partial charge on any atom is -0.377 e. The molecule has 1 aliphatic carbocycles. The highest BCUT2D eigenvalue weighted by Crippen LogP contribution is 2.48. The Kier molecular flexibility index (Phi) is 2.95. The Morgan fingerprint density at radius 1 is 0.636 bits per heavy atom. The van der Waals surface area contributed by atoms with Gasteiger partial charge >= 0.3 is 0 Å². The Hall–Kier alpha value is -2.64. The van der Waals surface area contributed by atoms with Gasteiger partial charge in [0.25, 0.3) is 0 Å². The third kappa shape index (κ3) is 1.91. The number of rotatable bonds is 2. The van der Waals surface area contributed by atoms with Gasteiger partial charge in [0.1, 0.15) is 5.60 Å². The quantitative estimate of drug-likeness (QED) is 0.728. The highest BCUT2D eigenvalue weighted by atomic mass is 16.3. The summed E-state index contributed by atoms with van der Waals surface area (Å²) >= 11 is 0. The first-order chi connectivity index (χ1) is 10.8. The fourth-order valence-corrected chi connectivity index (χ4v) is 3.21.